The maximum absolute atomic E-state index is 6.12. The molecule has 0 unspecified atom stereocenters. The highest BCUT2D eigenvalue weighted by Crippen LogP contribution is 2.21. The Morgan fingerprint density at radius 2 is 1.47 bits per heavy atom. The van der Waals surface area contributed by atoms with Gasteiger partial charge in [0.15, 0.2) is 0 Å². The van der Waals surface area contributed by atoms with E-state index < -0.39 is 0 Å². The van der Waals surface area contributed by atoms with Crippen LogP contribution in [0.3, 0.4) is 0 Å². The minimum Gasteiger partial charge on any atom is -0.0904 e. The Morgan fingerprint density at radius 1 is 0.867 bits per heavy atom. The van der Waals surface area contributed by atoms with Gasteiger partial charge in [-0.3, -0.25) is 0 Å². The van der Waals surface area contributed by atoms with Gasteiger partial charge < -0.3 is 0 Å². The number of benzene rings is 1. The molecule has 80 valence electrons. The normalized spacial score (nSPS) is 10.7. The zero-order valence-corrected chi connectivity index (χ0v) is 10.7. The third-order valence-electron chi connectivity index (χ3n) is 3.62. The average molecular weight is 200 g/mol. The van der Waals surface area contributed by atoms with E-state index in [1.54, 1.807) is 0 Å². The quantitative estimate of drug-likeness (QED) is 0.658. The Morgan fingerprint density at radius 3 is 2.00 bits per heavy atom. The lowest BCUT2D eigenvalue weighted by Gasteiger charge is -2.18. The van der Waals surface area contributed by atoms with Crippen LogP contribution in [0.15, 0.2) is 0 Å². The Bertz CT molecular complexity index is 335. The van der Waals surface area contributed by atoms with E-state index in [1.165, 1.54) is 47.1 Å². The highest BCUT2D eigenvalue weighted by Gasteiger charge is 2.10. The van der Waals surface area contributed by atoms with Crippen molar-refractivity contribution in [2.24, 2.45) is 0 Å². The summed E-state index contributed by atoms with van der Waals surface area (Å²) in [6, 6.07) is 0. The molecular weight excluding hydrogens is 179 g/mol. The molecule has 0 spiro atoms. The zero-order chi connectivity index (χ0) is 11.6. The molecule has 0 fully saturated rings. The van der Waals surface area contributed by atoms with Crippen LogP contribution < -0.4 is 5.46 Å². The molecular formula is C14H21B. The summed E-state index contributed by atoms with van der Waals surface area (Å²) >= 11 is 0. The van der Waals surface area contributed by atoms with Crippen molar-refractivity contribution in [1.82, 2.24) is 0 Å². The van der Waals surface area contributed by atoms with Gasteiger partial charge in [-0.15, -0.1) is 0 Å². The van der Waals surface area contributed by atoms with Gasteiger partial charge in [-0.1, -0.05) is 29.9 Å². The lowest BCUT2D eigenvalue weighted by molar-refractivity contribution is 0.786. The van der Waals surface area contributed by atoms with Crippen LogP contribution in [0.5, 0.6) is 0 Å². The van der Waals surface area contributed by atoms with E-state index in [2.05, 4.69) is 34.6 Å². The van der Waals surface area contributed by atoms with Crippen molar-refractivity contribution < 1.29 is 0 Å². The lowest BCUT2D eigenvalue weighted by Crippen LogP contribution is -2.18. The smallest absolute Gasteiger partial charge is 0.0904 e. The van der Waals surface area contributed by atoms with Crippen molar-refractivity contribution in [1.29, 1.82) is 0 Å². The van der Waals surface area contributed by atoms with Gasteiger partial charge in [-0.25, -0.2) is 0 Å². The molecule has 0 saturated heterocycles. The maximum atomic E-state index is 6.12. The monoisotopic (exact) mass is 200 g/mol. The summed E-state index contributed by atoms with van der Waals surface area (Å²) in [7, 11) is 6.12. The van der Waals surface area contributed by atoms with Crippen LogP contribution in [0.1, 0.15) is 47.6 Å². The minimum absolute atomic E-state index is 0.990. The topological polar surface area (TPSA) is 0 Å². The van der Waals surface area contributed by atoms with Crippen LogP contribution in [0.25, 0.3) is 0 Å². The van der Waals surface area contributed by atoms with E-state index in [9.17, 15) is 0 Å². The highest BCUT2D eigenvalue weighted by molar-refractivity contribution is 6.34. The van der Waals surface area contributed by atoms with Gasteiger partial charge in [0.2, 0.25) is 0 Å². The van der Waals surface area contributed by atoms with E-state index in [4.69, 9.17) is 7.85 Å². The third kappa shape index (κ3) is 2.27. The van der Waals surface area contributed by atoms with Gasteiger partial charge >= 0.3 is 0 Å². The van der Waals surface area contributed by atoms with Gasteiger partial charge in [-0.2, -0.15) is 0 Å². The van der Waals surface area contributed by atoms with Crippen LogP contribution in [-0.2, 0) is 6.42 Å². The molecule has 0 aliphatic heterocycles. The average Bonchev–Trinajstić information content (AvgIpc) is 2.24. The molecule has 0 amide bonds. The van der Waals surface area contributed by atoms with Crippen LogP contribution >= 0.6 is 0 Å². The predicted octanol–water partition coefficient (Wildman–Crippen LogP) is 3.06. The summed E-state index contributed by atoms with van der Waals surface area (Å²) in [4.78, 5) is 0. The largest absolute Gasteiger partial charge is 0.114 e. The van der Waals surface area contributed by atoms with E-state index in [-0.39, 0.29) is 0 Å². The van der Waals surface area contributed by atoms with E-state index in [0.29, 0.717) is 0 Å². The second-order valence-electron chi connectivity index (χ2n) is 4.50. The van der Waals surface area contributed by atoms with Crippen molar-refractivity contribution in [3.8, 4) is 0 Å². The SMILES string of the molecule is [B]c1c(C)c(C)c(C)c(CCCC)c1C. The maximum Gasteiger partial charge on any atom is 0.114 e. The summed E-state index contributed by atoms with van der Waals surface area (Å²) in [5, 5.41) is 0. The van der Waals surface area contributed by atoms with Crippen molar-refractivity contribution in [3.05, 3.63) is 27.8 Å². The van der Waals surface area contributed by atoms with Crippen LogP contribution in [-0.4, -0.2) is 7.85 Å². The Hall–Kier alpha value is -0.715. The van der Waals surface area contributed by atoms with E-state index in [1.807, 2.05) is 0 Å². The first-order valence-electron chi connectivity index (χ1n) is 5.85. The molecule has 0 aliphatic carbocycles. The van der Waals surface area contributed by atoms with Crippen molar-refractivity contribution in [2.75, 3.05) is 0 Å². The molecule has 0 aliphatic rings. The third-order valence-corrected chi connectivity index (χ3v) is 3.62. The molecule has 0 aromatic heterocycles. The Balaban J connectivity index is 3.26. The van der Waals surface area contributed by atoms with Crippen LogP contribution in [0.4, 0.5) is 0 Å². The molecule has 1 aromatic rings. The highest BCUT2D eigenvalue weighted by atomic mass is 14.1. The molecule has 0 heterocycles. The van der Waals surface area contributed by atoms with Crippen molar-refractivity contribution >= 4 is 13.3 Å². The summed E-state index contributed by atoms with van der Waals surface area (Å²) in [6.07, 6.45) is 3.66. The first-order valence-corrected chi connectivity index (χ1v) is 5.85. The molecule has 0 saturated carbocycles. The molecule has 0 nitrogen and oxygen atoms in total. The van der Waals surface area contributed by atoms with Gasteiger partial charge in [0, 0.05) is 0 Å². The number of rotatable bonds is 3. The summed E-state index contributed by atoms with van der Waals surface area (Å²) < 4.78 is 0. The zero-order valence-electron chi connectivity index (χ0n) is 10.7. The van der Waals surface area contributed by atoms with Gasteiger partial charge in [0.25, 0.3) is 0 Å². The van der Waals surface area contributed by atoms with Gasteiger partial charge in [-0.05, 0) is 57.2 Å². The first kappa shape index (κ1) is 12.4. The summed E-state index contributed by atoms with van der Waals surface area (Å²) in [6.45, 7) is 10.9. The molecule has 1 aromatic carbocycles. The summed E-state index contributed by atoms with van der Waals surface area (Å²) in [5.74, 6) is 0. The Kier molecular flexibility index (Phi) is 4.01. The molecule has 1 heteroatoms. The molecule has 2 radical (unpaired) electrons. The lowest BCUT2D eigenvalue weighted by atomic mass is 9.79. The predicted molar refractivity (Wildman–Crippen MR) is 69.4 cm³/mol. The summed E-state index contributed by atoms with van der Waals surface area (Å²) in [5.41, 5.74) is 7.81. The standard InChI is InChI=1S/C14H21B/c1-6-7-8-13-10(3)9(2)11(4)14(15)12(13)5/h6-8H2,1-5H3. The van der Waals surface area contributed by atoms with E-state index in [0.717, 1.165) is 5.46 Å². The second-order valence-corrected chi connectivity index (χ2v) is 4.50. The number of hydrogen-bond donors (Lipinski definition) is 0. The molecule has 1 rings (SSSR count). The second kappa shape index (κ2) is 4.87. The molecule has 0 atom stereocenters. The van der Waals surface area contributed by atoms with Crippen LogP contribution in [0, 0.1) is 27.7 Å². The van der Waals surface area contributed by atoms with E-state index >= 15 is 0 Å². The fourth-order valence-electron chi connectivity index (χ4n) is 2.16. The fourth-order valence-corrected chi connectivity index (χ4v) is 2.16. The fraction of sp³-hybridized carbons (Fsp3) is 0.571. The first-order chi connectivity index (χ1) is 7.00. The molecule has 0 N–H and O–H groups in total. The molecule has 0 bridgehead atoms. The minimum atomic E-state index is 0.990. The van der Waals surface area contributed by atoms with Gasteiger partial charge in [0.05, 0.1) is 0 Å². The number of hydrogen-bond acceptors (Lipinski definition) is 0. The Labute approximate surface area is 95.5 Å². The number of unbranched alkanes of at least 4 members (excludes halogenated alkanes) is 1. The van der Waals surface area contributed by atoms with Crippen molar-refractivity contribution in [2.45, 2.75) is 53.9 Å². The molecule has 15 heavy (non-hydrogen) atoms. The van der Waals surface area contributed by atoms with Crippen molar-refractivity contribution in [3.63, 3.8) is 0 Å². The van der Waals surface area contributed by atoms with Crippen LogP contribution in [0.2, 0.25) is 0 Å². The van der Waals surface area contributed by atoms with Gasteiger partial charge in [0.1, 0.15) is 7.85 Å².